The van der Waals surface area contributed by atoms with Crippen LogP contribution >= 0.6 is 23.4 Å². The average Bonchev–Trinajstić information content (AvgIpc) is 3.20. The van der Waals surface area contributed by atoms with Gasteiger partial charge in [0.25, 0.3) is 0 Å². The van der Waals surface area contributed by atoms with Crippen molar-refractivity contribution in [2.45, 2.75) is 30.8 Å². The van der Waals surface area contributed by atoms with E-state index in [2.05, 4.69) is 19.9 Å². The Bertz CT molecular complexity index is 834. The fourth-order valence-electron chi connectivity index (χ4n) is 2.43. The quantitative estimate of drug-likeness (QED) is 0.432. The molecule has 2 aromatic heterocycles. The molecular formula is C17H19ClN4O2S. The van der Waals surface area contributed by atoms with Gasteiger partial charge in [-0.15, -0.1) is 10.2 Å². The van der Waals surface area contributed by atoms with Crippen molar-refractivity contribution in [2.24, 2.45) is 0 Å². The van der Waals surface area contributed by atoms with Crippen molar-refractivity contribution >= 4 is 23.4 Å². The van der Waals surface area contributed by atoms with Crippen molar-refractivity contribution in [3.05, 3.63) is 46.8 Å². The highest BCUT2D eigenvalue weighted by Gasteiger charge is 2.17. The number of methoxy groups -OCH3 is 1. The van der Waals surface area contributed by atoms with Crippen LogP contribution in [0.15, 0.2) is 40.0 Å². The summed E-state index contributed by atoms with van der Waals surface area (Å²) in [6, 6.07) is 9.58. The van der Waals surface area contributed by atoms with Gasteiger partial charge in [-0.2, -0.15) is 0 Å². The maximum atomic E-state index is 6.34. The number of aromatic nitrogens is 4. The van der Waals surface area contributed by atoms with Gasteiger partial charge >= 0.3 is 0 Å². The minimum Gasteiger partial charge on any atom is -0.385 e. The third-order valence-corrected chi connectivity index (χ3v) is 4.90. The Kier molecular flexibility index (Phi) is 6.12. The molecule has 1 aromatic carbocycles. The number of aryl methyl sites for hydroxylation is 1. The van der Waals surface area contributed by atoms with Crippen LogP contribution in [0.4, 0.5) is 0 Å². The normalized spacial score (nSPS) is 11.2. The molecule has 25 heavy (non-hydrogen) atoms. The lowest BCUT2D eigenvalue weighted by Crippen LogP contribution is -2.05. The first kappa shape index (κ1) is 18.0. The summed E-state index contributed by atoms with van der Waals surface area (Å²) in [5, 5.41) is 14.1. The van der Waals surface area contributed by atoms with Crippen molar-refractivity contribution in [3.8, 4) is 11.4 Å². The summed E-state index contributed by atoms with van der Waals surface area (Å²) < 4.78 is 12.5. The molecule has 0 bridgehead atoms. The van der Waals surface area contributed by atoms with E-state index in [-0.39, 0.29) is 0 Å². The molecule has 0 unspecified atom stereocenters. The second-order valence-corrected chi connectivity index (χ2v) is 6.86. The fourth-order valence-corrected chi connectivity index (χ4v) is 3.49. The maximum Gasteiger partial charge on any atom is 0.191 e. The molecule has 0 aliphatic heterocycles. The predicted octanol–water partition coefficient (Wildman–Crippen LogP) is 4.22. The summed E-state index contributed by atoms with van der Waals surface area (Å²) in [7, 11) is 1.70. The molecule has 0 spiro atoms. The Balaban J connectivity index is 1.85. The number of nitrogens with zero attached hydrogens (tertiary/aromatic N) is 4. The zero-order valence-electron chi connectivity index (χ0n) is 14.1. The highest BCUT2D eigenvalue weighted by molar-refractivity contribution is 7.98. The standard InChI is InChI=1S/C17H19ClN4O2S/c1-12-10-13(24-21-12)11-25-17-20-19-16(22(17)8-5-9-23-2)14-6-3-4-7-15(14)18/h3-4,6-7,10H,5,8-9,11H2,1-2H3. The van der Waals surface area contributed by atoms with E-state index >= 15 is 0 Å². The molecule has 0 atom stereocenters. The number of hydrogen-bond acceptors (Lipinski definition) is 6. The maximum absolute atomic E-state index is 6.34. The predicted molar refractivity (Wildman–Crippen MR) is 97.8 cm³/mol. The van der Waals surface area contributed by atoms with Gasteiger partial charge in [-0.3, -0.25) is 0 Å². The number of rotatable bonds is 8. The third-order valence-electron chi connectivity index (χ3n) is 3.58. The van der Waals surface area contributed by atoms with Crippen LogP contribution in [-0.4, -0.2) is 33.6 Å². The van der Waals surface area contributed by atoms with Crippen molar-refractivity contribution in [3.63, 3.8) is 0 Å². The van der Waals surface area contributed by atoms with E-state index in [4.69, 9.17) is 20.9 Å². The minimum atomic E-state index is 0.645. The van der Waals surface area contributed by atoms with E-state index in [9.17, 15) is 0 Å². The second kappa shape index (κ2) is 8.51. The molecule has 0 saturated heterocycles. The van der Waals surface area contributed by atoms with Gasteiger partial charge in [0, 0.05) is 31.9 Å². The highest BCUT2D eigenvalue weighted by Crippen LogP contribution is 2.30. The van der Waals surface area contributed by atoms with Gasteiger partial charge in [0.2, 0.25) is 0 Å². The molecule has 132 valence electrons. The average molecular weight is 379 g/mol. The van der Waals surface area contributed by atoms with Gasteiger partial charge in [0.15, 0.2) is 11.0 Å². The molecule has 2 heterocycles. The number of halogens is 1. The number of ether oxygens (including phenoxy) is 1. The Hall–Kier alpha value is -1.83. The van der Waals surface area contributed by atoms with Gasteiger partial charge in [0.05, 0.1) is 16.5 Å². The van der Waals surface area contributed by atoms with E-state index in [1.807, 2.05) is 37.3 Å². The summed E-state index contributed by atoms with van der Waals surface area (Å²) in [5.41, 5.74) is 1.74. The van der Waals surface area contributed by atoms with E-state index < -0.39 is 0 Å². The molecule has 0 fully saturated rings. The van der Waals surface area contributed by atoms with Gasteiger partial charge < -0.3 is 13.8 Å². The summed E-state index contributed by atoms with van der Waals surface area (Å²) in [6.45, 7) is 3.32. The van der Waals surface area contributed by atoms with Crippen LogP contribution in [-0.2, 0) is 17.0 Å². The topological polar surface area (TPSA) is 66.0 Å². The Morgan fingerprint density at radius 2 is 2.12 bits per heavy atom. The SMILES string of the molecule is COCCCn1c(SCc2cc(C)no2)nnc1-c1ccccc1Cl. The monoisotopic (exact) mass is 378 g/mol. The van der Waals surface area contributed by atoms with Crippen molar-refractivity contribution in [1.82, 2.24) is 19.9 Å². The summed E-state index contributed by atoms with van der Waals surface area (Å²) in [5.74, 6) is 2.22. The third kappa shape index (κ3) is 4.42. The lowest BCUT2D eigenvalue weighted by atomic mass is 10.2. The minimum absolute atomic E-state index is 0.645. The molecule has 0 aliphatic carbocycles. The lowest BCUT2D eigenvalue weighted by molar-refractivity contribution is 0.189. The molecule has 0 amide bonds. The van der Waals surface area contributed by atoms with Crippen LogP contribution < -0.4 is 0 Å². The molecule has 3 aromatic rings. The van der Waals surface area contributed by atoms with Crippen LogP contribution in [0.1, 0.15) is 17.9 Å². The first-order chi connectivity index (χ1) is 12.2. The van der Waals surface area contributed by atoms with Crippen LogP contribution in [0.25, 0.3) is 11.4 Å². The number of thioether (sulfide) groups is 1. The number of benzene rings is 1. The first-order valence-corrected chi connectivity index (χ1v) is 9.27. The zero-order chi connectivity index (χ0) is 17.6. The van der Waals surface area contributed by atoms with E-state index in [1.165, 1.54) is 0 Å². The fraction of sp³-hybridized carbons (Fsp3) is 0.353. The van der Waals surface area contributed by atoms with E-state index in [0.717, 1.165) is 41.0 Å². The summed E-state index contributed by atoms with van der Waals surface area (Å²) >= 11 is 7.91. The molecule has 8 heteroatoms. The lowest BCUT2D eigenvalue weighted by Gasteiger charge is -2.10. The molecule has 0 saturated carbocycles. The Labute approximate surface area is 155 Å². The molecule has 6 nitrogen and oxygen atoms in total. The summed E-state index contributed by atoms with van der Waals surface area (Å²) in [4.78, 5) is 0. The van der Waals surface area contributed by atoms with E-state index in [1.54, 1.807) is 18.9 Å². The molecule has 0 aliphatic rings. The van der Waals surface area contributed by atoms with Gasteiger partial charge in [-0.05, 0) is 25.5 Å². The number of hydrogen-bond donors (Lipinski definition) is 0. The molecule has 0 radical (unpaired) electrons. The molecule has 0 N–H and O–H groups in total. The zero-order valence-corrected chi connectivity index (χ0v) is 15.7. The Morgan fingerprint density at radius 3 is 2.84 bits per heavy atom. The van der Waals surface area contributed by atoms with Gasteiger partial charge in [-0.25, -0.2) is 0 Å². The molecule has 3 rings (SSSR count). The van der Waals surface area contributed by atoms with Crippen LogP contribution in [0.3, 0.4) is 0 Å². The second-order valence-electron chi connectivity index (χ2n) is 5.51. The van der Waals surface area contributed by atoms with Gasteiger partial charge in [0.1, 0.15) is 5.76 Å². The van der Waals surface area contributed by atoms with Crippen LogP contribution in [0.5, 0.6) is 0 Å². The van der Waals surface area contributed by atoms with Gasteiger partial charge in [-0.1, -0.05) is 40.7 Å². The summed E-state index contributed by atoms with van der Waals surface area (Å²) in [6.07, 6.45) is 0.862. The smallest absolute Gasteiger partial charge is 0.191 e. The van der Waals surface area contributed by atoms with Crippen LogP contribution in [0, 0.1) is 6.92 Å². The first-order valence-electron chi connectivity index (χ1n) is 7.91. The van der Waals surface area contributed by atoms with E-state index in [0.29, 0.717) is 17.4 Å². The van der Waals surface area contributed by atoms with Crippen molar-refractivity contribution in [2.75, 3.05) is 13.7 Å². The van der Waals surface area contributed by atoms with Crippen molar-refractivity contribution < 1.29 is 9.26 Å². The highest BCUT2D eigenvalue weighted by atomic mass is 35.5. The van der Waals surface area contributed by atoms with Crippen LogP contribution in [0.2, 0.25) is 5.02 Å². The largest absolute Gasteiger partial charge is 0.385 e. The Morgan fingerprint density at radius 1 is 1.28 bits per heavy atom. The molecular weight excluding hydrogens is 360 g/mol. The van der Waals surface area contributed by atoms with Crippen molar-refractivity contribution in [1.29, 1.82) is 0 Å².